The number of methoxy groups -OCH3 is 1. The van der Waals surface area contributed by atoms with Crippen molar-refractivity contribution in [2.75, 3.05) is 13.7 Å². The van der Waals surface area contributed by atoms with E-state index in [1.807, 2.05) is 18.2 Å². The van der Waals surface area contributed by atoms with E-state index in [-0.39, 0.29) is 5.82 Å². The van der Waals surface area contributed by atoms with Crippen molar-refractivity contribution in [2.24, 2.45) is 0 Å². The Bertz CT molecular complexity index is 599. The number of hydrogen-bond donors (Lipinski definition) is 1. The Morgan fingerprint density at radius 1 is 1.04 bits per heavy atom. The normalized spacial score (nSPS) is 10.6. The maximum absolute atomic E-state index is 12.9. The number of ether oxygens (including phenoxy) is 2. The maximum atomic E-state index is 12.9. The molecule has 0 unspecified atom stereocenters. The predicted octanol–water partition coefficient (Wildman–Crippen LogP) is 4.30. The third kappa shape index (κ3) is 5.25. The summed E-state index contributed by atoms with van der Waals surface area (Å²) in [4.78, 5) is 0. The van der Waals surface area contributed by atoms with Crippen molar-refractivity contribution in [3.05, 3.63) is 59.4 Å². The van der Waals surface area contributed by atoms with Crippen LogP contribution < -0.4 is 14.8 Å². The first-order valence-electron chi connectivity index (χ1n) is 7.98. The van der Waals surface area contributed by atoms with Crippen LogP contribution in [0, 0.1) is 5.82 Å². The van der Waals surface area contributed by atoms with Crippen LogP contribution in [0.15, 0.2) is 42.5 Å². The second-order valence-electron chi connectivity index (χ2n) is 5.38. The molecule has 2 aromatic rings. The second kappa shape index (κ2) is 9.16. The smallest absolute Gasteiger partial charge is 0.165 e. The molecule has 0 heterocycles. The van der Waals surface area contributed by atoms with Crippen LogP contribution in [0.2, 0.25) is 0 Å². The van der Waals surface area contributed by atoms with Gasteiger partial charge in [-0.15, -0.1) is 0 Å². The highest BCUT2D eigenvalue weighted by Gasteiger charge is 2.10. The molecule has 0 amide bonds. The molecule has 23 heavy (non-hydrogen) atoms. The highest BCUT2D eigenvalue weighted by Crippen LogP contribution is 2.31. The summed E-state index contributed by atoms with van der Waals surface area (Å²) in [5.41, 5.74) is 2.10. The van der Waals surface area contributed by atoms with E-state index in [0.717, 1.165) is 35.5 Å². The Balaban J connectivity index is 1.98. The summed E-state index contributed by atoms with van der Waals surface area (Å²) in [6, 6.07) is 12.4. The molecule has 0 atom stereocenters. The topological polar surface area (TPSA) is 30.5 Å². The molecule has 0 aliphatic carbocycles. The van der Waals surface area contributed by atoms with Crippen LogP contribution in [0.5, 0.6) is 11.5 Å². The summed E-state index contributed by atoms with van der Waals surface area (Å²) >= 11 is 0. The highest BCUT2D eigenvalue weighted by molar-refractivity contribution is 5.46. The van der Waals surface area contributed by atoms with E-state index < -0.39 is 0 Å². The third-order valence-electron chi connectivity index (χ3n) is 3.58. The van der Waals surface area contributed by atoms with E-state index >= 15 is 0 Å². The Hall–Kier alpha value is -2.07. The van der Waals surface area contributed by atoms with Gasteiger partial charge >= 0.3 is 0 Å². The fraction of sp³-hybridized carbons (Fsp3) is 0.368. The number of unbranched alkanes of at least 4 members (excludes halogenated alkanes) is 1. The Labute approximate surface area is 137 Å². The van der Waals surface area contributed by atoms with E-state index in [2.05, 4.69) is 12.2 Å². The Kier molecular flexibility index (Phi) is 6.88. The molecular weight excluding hydrogens is 293 g/mol. The molecule has 0 fully saturated rings. The molecule has 2 rings (SSSR count). The van der Waals surface area contributed by atoms with Crippen LogP contribution in [-0.2, 0) is 13.1 Å². The van der Waals surface area contributed by atoms with Crippen molar-refractivity contribution in [3.8, 4) is 11.5 Å². The van der Waals surface area contributed by atoms with Gasteiger partial charge in [-0.05, 0) is 30.2 Å². The lowest BCUT2D eigenvalue weighted by Gasteiger charge is -2.15. The van der Waals surface area contributed by atoms with E-state index in [0.29, 0.717) is 19.7 Å². The van der Waals surface area contributed by atoms with Gasteiger partial charge in [0.15, 0.2) is 11.5 Å². The first kappa shape index (κ1) is 17.3. The van der Waals surface area contributed by atoms with Gasteiger partial charge < -0.3 is 14.8 Å². The van der Waals surface area contributed by atoms with Gasteiger partial charge in [0.05, 0.1) is 13.7 Å². The van der Waals surface area contributed by atoms with Gasteiger partial charge in [0.2, 0.25) is 0 Å². The molecule has 0 aliphatic heterocycles. The summed E-state index contributed by atoms with van der Waals surface area (Å²) in [6.45, 7) is 4.15. The van der Waals surface area contributed by atoms with E-state index in [1.165, 1.54) is 12.1 Å². The lowest BCUT2D eigenvalue weighted by Crippen LogP contribution is -2.14. The zero-order chi connectivity index (χ0) is 16.5. The third-order valence-corrected chi connectivity index (χ3v) is 3.58. The van der Waals surface area contributed by atoms with Gasteiger partial charge in [-0.3, -0.25) is 0 Å². The molecule has 4 heteroatoms. The van der Waals surface area contributed by atoms with E-state index in [9.17, 15) is 4.39 Å². The molecule has 0 spiro atoms. The zero-order valence-electron chi connectivity index (χ0n) is 13.8. The average Bonchev–Trinajstić information content (AvgIpc) is 2.58. The van der Waals surface area contributed by atoms with E-state index in [4.69, 9.17) is 9.47 Å². The Morgan fingerprint density at radius 3 is 2.52 bits per heavy atom. The number of para-hydroxylation sites is 1. The lowest BCUT2D eigenvalue weighted by atomic mass is 10.1. The Morgan fingerprint density at radius 2 is 1.83 bits per heavy atom. The lowest BCUT2D eigenvalue weighted by molar-refractivity contribution is 0.284. The zero-order valence-corrected chi connectivity index (χ0v) is 13.8. The van der Waals surface area contributed by atoms with Gasteiger partial charge in [0, 0.05) is 18.7 Å². The van der Waals surface area contributed by atoms with Crippen LogP contribution in [0.1, 0.15) is 30.9 Å². The van der Waals surface area contributed by atoms with Gasteiger partial charge in [0.25, 0.3) is 0 Å². The highest BCUT2D eigenvalue weighted by atomic mass is 19.1. The molecule has 0 aromatic heterocycles. The molecule has 3 nitrogen and oxygen atoms in total. The first-order valence-corrected chi connectivity index (χ1v) is 7.98. The van der Waals surface area contributed by atoms with Crippen molar-refractivity contribution < 1.29 is 13.9 Å². The summed E-state index contributed by atoms with van der Waals surface area (Å²) in [5, 5.41) is 3.36. The summed E-state index contributed by atoms with van der Waals surface area (Å²) in [7, 11) is 1.65. The molecule has 0 saturated carbocycles. The summed E-state index contributed by atoms with van der Waals surface area (Å²) < 4.78 is 24.2. The van der Waals surface area contributed by atoms with Crippen LogP contribution in [-0.4, -0.2) is 13.7 Å². The number of halogens is 1. The molecular formula is C19H24FNO2. The number of rotatable bonds is 9. The fourth-order valence-electron chi connectivity index (χ4n) is 2.29. The minimum atomic E-state index is -0.215. The van der Waals surface area contributed by atoms with Crippen molar-refractivity contribution in [1.82, 2.24) is 5.32 Å². The fourth-order valence-corrected chi connectivity index (χ4v) is 2.29. The SMILES string of the molecule is CCCCOc1c(CNCc2ccc(F)cc2)cccc1OC. The molecule has 2 aromatic carbocycles. The van der Waals surface area contributed by atoms with Crippen LogP contribution in [0.25, 0.3) is 0 Å². The largest absolute Gasteiger partial charge is 0.493 e. The summed E-state index contributed by atoms with van der Waals surface area (Å²) in [5.74, 6) is 1.34. The minimum absolute atomic E-state index is 0.215. The maximum Gasteiger partial charge on any atom is 0.165 e. The molecule has 124 valence electrons. The second-order valence-corrected chi connectivity index (χ2v) is 5.38. The first-order chi connectivity index (χ1) is 11.2. The predicted molar refractivity (Wildman–Crippen MR) is 90.3 cm³/mol. The van der Waals surface area contributed by atoms with Crippen LogP contribution in [0.3, 0.4) is 0 Å². The van der Waals surface area contributed by atoms with Gasteiger partial charge in [-0.2, -0.15) is 0 Å². The van der Waals surface area contributed by atoms with Crippen LogP contribution in [0.4, 0.5) is 4.39 Å². The molecule has 0 radical (unpaired) electrons. The number of nitrogens with one attached hydrogen (secondary N) is 1. The average molecular weight is 317 g/mol. The van der Waals surface area contributed by atoms with Crippen molar-refractivity contribution in [3.63, 3.8) is 0 Å². The standard InChI is InChI=1S/C19H24FNO2/c1-3-4-12-23-19-16(6-5-7-18(19)22-2)14-21-13-15-8-10-17(20)11-9-15/h5-11,21H,3-4,12-14H2,1-2H3. The van der Waals surface area contributed by atoms with Crippen molar-refractivity contribution in [2.45, 2.75) is 32.9 Å². The number of hydrogen-bond acceptors (Lipinski definition) is 3. The number of benzene rings is 2. The molecule has 0 bridgehead atoms. The summed E-state index contributed by atoms with van der Waals surface area (Å²) in [6.07, 6.45) is 2.10. The minimum Gasteiger partial charge on any atom is -0.493 e. The monoisotopic (exact) mass is 317 g/mol. The van der Waals surface area contributed by atoms with E-state index in [1.54, 1.807) is 19.2 Å². The van der Waals surface area contributed by atoms with Gasteiger partial charge in [-0.25, -0.2) is 4.39 Å². The molecule has 1 N–H and O–H groups in total. The molecule has 0 saturated heterocycles. The van der Waals surface area contributed by atoms with Crippen molar-refractivity contribution >= 4 is 0 Å². The van der Waals surface area contributed by atoms with Crippen molar-refractivity contribution in [1.29, 1.82) is 0 Å². The van der Waals surface area contributed by atoms with Gasteiger partial charge in [0.1, 0.15) is 5.82 Å². The van der Waals surface area contributed by atoms with Gasteiger partial charge in [-0.1, -0.05) is 37.6 Å². The molecule has 0 aliphatic rings. The quantitative estimate of drug-likeness (QED) is 0.699. The van der Waals surface area contributed by atoms with Crippen LogP contribution >= 0.6 is 0 Å².